The highest BCUT2D eigenvalue weighted by Gasteiger charge is 2.23. The third-order valence-corrected chi connectivity index (χ3v) is 4.46. The van der Waals surface area contributed by atoms with Crippen LogP contribution in [-0.2, 0) is 16.1 Å². The van der Waals surface area contributed by atoms with Crippen LogP contribution >= 0.6 is 0 Å². The first-order valence-electron chi connectivity index (χ1n) is 9.02. The quantitative estimate of drug-likeness (QED) is 0.837. The van der Waals surface area contributed by atoms with Crippen LogP contribution in [0.2, 0.25) is 0 Å². The van der Waals surface area contributed by atoms with Crippen LogP contribution in [0.4, 0.5) is 5.69 Å². The van der Waals surface area contributed by atoms with Crippen molar-refractivity contribution < 1.29 is 14.4 Å². The van der Waals surface area contributed by atoms with Crippen LogP contribution in [0.1, 0.15) is 34.3 Å². The molecule has 7 heteroatoms. The Bertz CT molecular complexity index is 935. The van der Waals surface area contributed by atoms with E-state index in [1.54, 1.807) is 24.3 Å². The van der Waals surface area contributed by atoms with Crippen LogP contribution < -0.4 is 10.6 Å². The van der Waals surface area contributed by atoms with Crippen molar-refractivity contribution in [3.63, 3.8) is 0 Å². The van der Waals surface area contributed by atoms with Crippen molar-refractivity contribution in [1.29, 1.82) is 0 Å². The Morgan fingerprint density at radius 2 is 1.75 bits per heavy atom. The Morgan fingerprint density at radius 1 is 1.04 bits per heavy atom. The van der Waals surface area contributed by atoms with Gasteiger partial charge in [-0.1, -0.05) is 42.0 Å². The summed E-state index contributed by atoms with van der Waals surface area (Å²) in [5, 5.41) is 10.8. The summed E-state index contributed by atoms with van der Waals surface area (Å²) in [4.78, 5) is 36.6. The monoisotopic (exact) mass is 378 g/mol. The normalized spacial score (nSPS) is 13.7. The summed E-state index contributed by atoms with van der Waals surface area (Å²) in [6.07, 6.45) is 0.512. The van der Waals surface area contributed by atoms with Gasteiger partial charge in [0.15, 0.2) is 0 Å². The van der Waals surface area contributed by atoms with Gasteiger partial charge in [-0.3, -0.25) is 14.4 Å². The smallest absolute Gasteiger partial charge is 0.271 e. The largest absolute Gasteiger partial charge is 0.348 e. The number of carbonyl (C=O) groups is 3. The first-order valence-corrected chi connectivity index (χ1v) is 9.02. The fourth-order valence-electron chi connectivity index (χ4n) is 2.80. The minimum atomic E-state index is -0.418. The molecule has 1 heterocycles. The molecule has 2 aromatic carbocycles. The molecule has 0 atom stereocenters. The molecule has 0 saturated carbocycles. The second kappa shape index (κ2) is 8.47. The van der Waals surface area contributed by atoms with Crippen molar-refractivity contribution in [3.8, 4) is 0 Å². The number of rotatable bonds is 5. The van der Waals surface area contributed by atoms with Gasteiger partial charge in [0, 0.05) is 26.4 Å². The molecule has 0 aromatic heterocycles. The maximum atomic E-state index is 12.6. The molecule has 7 nitrogen and oxygen atoms in total. The predicted octanol–water partition coefficient (Wildman–Crippen LogP) is 2.47. The van der Waals surface area contributed by atoms with E-state index in [-0.39, 0.29) is 30.4 Å². The molecule has 2 aromatic rings. The van der Waals surface area contributed by atoms with Crippen molar-refractivity contribution in [2.45, 2.75) is 26.3 Å². The lowest BCUT2D eigenvalue weighted by molar-refractivity contribution is -0.130. The van der Waals surface area contributed by atoms with Gasteiger partial charge in [0.05, 0.1) is 11.3 Å². The number of nitrogens with zero attached hydrogens (tertiary/aromatic N) is 2. The number of hydrogen-bond donors (Lipinski definition) is 2. The molecule has 1 aliphatic heterocycles. The summed E-state index contributed by atoms with van der Waals surface area (Å²) < 4.78 is 0. The molecule has 0 bridgehead atoms. The second-order valence-corrected chi connectivity index (χ2v) is 6.63. The summed E-state index contributed by atoms with van der Waals surface area (Å²) in [5.41, 5.74) is 3.17. The van der Waals surface area contributed by atoms with E-state index in [0.717, 1.165) is 11.1 Å². The molecule has 0 aliphatic carbocycles. The van der Waals surface area contributed by atoms with Gasteiger partial charge in [0.2, 0.25) is 5.91 Å². The molecule has 2 N–H and O–H groups in total. The van der Waals surface area contributed by atoms with Gasteiger partial charge in [-0.15, -0.1) is 0 Å². The highest BCUT2D eigenvalue weighted by Crippen LogP contribution is 2.17. The van der Waals surface area contributed by atoms with Gasteiger partial charge < -0.3 is 10.6 Å². The maximum absolute atomic E-state index is 12.6. The van der Waals surface area contributed by atoms with E-state index in [1.807, 2.05) is 31.2 Å². The predicted molar refractivity (Wildman–Crippen MR) is 107 cm³/mol. The van der Waals surface area contributed by atoms with Crippen LogP contribution in [0.25, 0.3) is 0 Å². The summed E-state index contributed by atoms with van der Waals surface area (Å²) in [6, 6.07) is 14.7. The first kappa shape index (κ1) is 19.3. The molecule has 28 heavy (non-hydrogen) atoms. The van der Waals surface area contributed by atoms with Crippen LogP contribution in [-0.4, -0.2) is 35.5 Å². The van der Waals surface area contributed by atoms with Gasteiger partial charge in [-0.25, -0.2) is 5.01 Å². The molecule has 3 amide bonds. The number of anilines is 1. The van der Waals surface area contributed by atoms with E-state index in [1.165, 1.54) is 12.1 Å². The highest BCUT2D eigenvalue weighted by atomic mass is 16.2. The lowest BCUT2D eigenvalue weighted by atomic mass is 10.1. The Hall–Kier alpha value is -3.48. The molecular weight excluding hydrogens is 356 g/mol. The SMILES string of the molecule is Cc1ccc(CNC(=O)c2ccccc2NC(=O)C2=NN(C)C(=O)CC2)cc1. The summed E-state index contributed by atoms with van der Waals surface area (Å²) in [6.45, 7) is 2.40. The molecule has 0 radical (unpaired) electrons. The van der Waals surface area contributed by atoms with E-state index in [9.17, 15) is 14.4 Å². The number of benzene rings is 2. The molecule has 0 saturated heterocycles. The van der Waals surface area contributed by atoms with Gasteiger partial charge in [-0.2, -0.15) is 5.10 Å². The molecule has 0 unspecified atom stereocenters. The van der Waals surface area contributed by atoms with Crippen LogP contribution in [0.5, 0.6) is 0 Å². The number of hydrogen-bond acceptors (Lipinski definition) is 4. The number of nitrogens with one attached hydrogen (secondary N) is 2. The lowest BCUT2D eigenvalue weighted by Crippen LogP contribution is -2.34. The highest BCUT2D eigenvalue weighted by molar-refractivity contribution is 6.43. The molecule has 0 spiro atoms. The summed E-state index contributed by atoms with van der Waals surface area (Å²) in [5.74, 6) is -0.833. The fourth-order valence-corrected chi connectivity index (χ4v) is 2.80. The van der Waals surface area contributed by atoms with Gasteiger partial charge >= 0.3 is 0 Å². The number of para-hydroxylation sites is 1. The zero-order valence-corrected chi connectivity index (χ0v) is 15.9. The van der Waals surface area contributed by atoms with Crippen molar-refractivity contribution in [2.75, 3.05) is 12.4 Å². The Kier molecular flexibility index (Phi) is 5.84. The third-order valence-electron chi connectivity index (χ3n) is 4.46. The van der Waals surface area contributed by atoms with Gasteiger partial charge in [0.25, 0.3) is 11.8 Å². The fraction of sp³-hybridized carbons (Fsp3) is 0.238. The summed E-state index contributed by atoms with van der Waals surface area (Å²) >= 11 is 0. The minimum Gasteiger partial charge on any atom is -0.348 e. The number of aryl methyl sites for hydroxylation is 1. The second-order valence-electron chi connectivity index (χ2n) is 6.63. The average Bonchev–Trinajstić information content (AvgIpc) is 2.69. The van der Waals surface area contributed by atoms with Crippen molar-refractivity contribution in [2.24, 2.45) is 5.10 Å². The number of amides is 3. The summed E-state index contributed by atoms with van der Waals surface area (Å²) in [7, 11) is 1.52. The maximum Gasteiger partial charge on any atom is 0.271 e. The van der Waals surface area contributed by atoms with Crippen LogP contribution in [0.3, 0.4) is 0 Å². The first-order chi connectivity index (χ1) is 13.4. The standard InChI is InChI=1S/C21H22N4O3/c1-14-7-9-15(10-8-14)13-22-20(27)16-5-3-4-6-17(16)23-21(28)18-11-12-19(26)25(2)24-18/h3-10H,11-13H2,1-2H3,(H,22,27)(H,23,28). The number of hydrazone groups is 1. The number of carbonyl (C=O) groups excluding carboxylic acids is 3. The van der Waals surface area contributed by atoms with Crippen molar-refractivity contribution in [1.82, 2.24) is 10.3 Å². The van der Waals surface area contributed by atoms with Crippen LogP contribution in [0, 0.1) is 6.92 Å². The Labute approximate surface area is 163 Å². The lowest BCUT2D eigenvalue weighted by Gasteiger charge is -2.19. The Morgan fingerprint density at radius 3 is 2.46 bits per heavy atom. The van der Waals surface area contributed by atoms with Gasteiger partial charge in [-0.05, 0) is 24.6 Å². The molecule has 144 valence electrons. The van der Waals surface area contributed by atoms with Crippen molar-refractivity contribution >= 4 is 29.1 Å². The van der Waals surface area contributed by atoms with E-state index in [2.05, 4.69) is 15.7 Å². The molecule has 0 fully saturated rings. The van der Waals surface area contributed by atoms with Crippen LogP contribution in [0.15, 0.2) is 53.6 Å². The van der Waals surface area contributed by atoms with Crippen molar-refractivity contribution in [3.05, 3.63) is 65.2 Å². The zero-order chi connectivity index (χ0) is 20.1. The average molecular weight is 378 g/mol. The minimum absolute atomic E-state index is 0.132. The topological polar surface area (TPSA) is 90.9 Å². The third kappa shape index (κ3) is 4.62. The van der Waals surface area contributed by atoms with E-state index < -0.39 is 5.91 Å². The van der Waals surface area contributed by atoms with E-state index in [0.29, 0.717) is 17.8 Å². The molecule has 3 rings (SSSR count). The molecular formula is C21H22N4O3. The molecule has 1 aliphatic rings. The van der Waals surface area contributed by atoms with E-state index in [4.69, 9.17) is 0 Å². The van der Waals surface area contributed by atoms with Gasteiger partial charge in [0.1, 0.15) is 5.71 Å². The van der Waals surface area contributed by atoms with E-state index >= 15 is 0 Å². The Balaban J connectivity index is 1.69. The zero-order valence-electron chi connectivity index (χ0n) is 15.9.